The molecular weight excluding hydrogens is 529 g/mol. The second kappa shape index (κ2) is 14.2. The number of rotatable bonds is 8. The quantitative estimate of drug-likeness (QED) is 0.261. The highest BCUT2D eigenvalue weighted by atomic mass is 127. The third-order valence-electron chi connectivity index (χ3n) is 5.76. The fraction of sp³-hybridized carbons (Fsp3) is 0.440. The number of guanidine groups is 1. The molecule has 1 saturated heterocycles. The molecule has 1 aliphatic rings. The summed E-state index contributed by atoms with van der Waals surface area (Å²) < 4.78 is 5.55. The topological polar surface area (TPSA) is 78.0 Å². The first-order valence-electron chi connectivity index (χ1n) is 11.2. The number of amides is 1. The molecule has 1 unspecified atom stereocenters. The maximum Gasteiger partial charge on any atom is 0.251 e. The van der Waals surface area contributed by atoms with Crippen LogP contribution in [-0.2, 0) is 11.2 Å². The van der Waals surface area contributed by atoms with Crippen LogP contribution in [0, 0.1) is 6.92 Å². The van der Waals surface area contributed by atoms with Crippen LogP contribution in [-0.4, -0.2) is 70.3 Å². The van der Waals surface area contributed by atoms with Crippen molar-refractivity contribution < 1.29 is 9.53 Å². The average molecular weight is 566 g/mol. The summed E-state index contributed by atoms with van der Waals surface area (Å²) in [5.74, 6) is 0.709. The number of aryl methyl sites for hydroxylation is 1. The molecule has 1 aliphatic heterocycles. The molecule has 0 aromatic heterocycles. The highest BCUT2D eigenvalue weighted by Crippen LogP contribution is 2.21. The number of hydrogen-bond donors (Lipinski definition) is 3. The first kappa shape index (κ1) is 27.1. The fourth-order valence-electron chi connectivity index (χ4n) is 3.89. The van der Waals surface area contributed by atoms with Crippen molar-refractivity contribution in [1.82, 2.24) is 20.9 Å². The SMILES string of the molecule is CN=C(NCCc1cccc(C(=O)NC)c1)NCC(c1ccc(C)cc1)N1CCOCC1.I. The van der Waals surface area contributed by atoms with Crippen molar-refractivity contribution in [2.24, 2.45) is 4.99 Å². The van der Waals surface area contributed by atoms with E-state index >= 15 is 0 Å². The summed E-state index contributed by atoms with van der Waals surface area (Å²) >= 11 is 0. The van der Waals surface area contributed by atoms with Crippen LogP contribution < -0.4 is 16.0 Å². The predicted molar refractivity (Wildman–Crippen MR) is 145 cm³/mol. The van der Waals surface area contributed by atoms with Crippen LogP contribution in [0.1, 0.15) is 33.1 Å². The lowest BCUT2D eigenvalue weighted by molar-refractivity contribution is 0.0170. The number of benzene rings is 2. The van der Waals surface area contributed by atoms with E-state index in [1.807, 2.05) is 24.3 Å². The van der Waals surface area contributed by atoms with Crippen molar-refractivity contribution in [2.45, 2.75) is 19.4 Å². The van der Waals surface area contributed by atoms with Crippen molar-refractivity contribution >= 4 is 35.8 Å². The molecule has 3 rings (SSSR count). The first-order valence-corrected chi connectivity index (χ1v) is 11.2. The Bertz CT molecular complexity index is 898. The number of hydrogen-bond acceptors (Lipinski definition) is 4. The van der Waals surface area contributed by atoms with Crippen LogP contribution in [0.4, 0.5) is 0 Å². The van der Waals surface area contributed by atoms with Gasteiger partial charge in [-0.3, -0.25) is 14.7 Å². The molecule has 2 aromatic carbocycles. The number of halogens is 1. The van der Waals surface area contributed by atoms with E-state index in [1.165, 1.54) is 11.1 Å². The Morgan fingerprint density at radius 1 is 1.12 bits per heavy atom. The predicted octanol–water partition coefficient (Wildman–Crippen LogP) is 2.75. The van der Waals surface area contributed by atoms with Crippen LogP contribution in [0.5, 0.6) is 0 Å². The average Bonchev–Trinajstić information content (AvgIpc) is 2.84. The lowest BCUT2D eigenvalue weighted by Crippen LogP contribution is -2.46. The standard InChI is InChI=1S/C25H35N5O2.HI/c1-19-7-9-21(10-8-19)23(30-13-15-32-16-14-30)18-29-25(27-3)28-12-11-20-5-4-6-22(17-20)24(31)26-2;/h4-10,17,23H,11-16,18H2,1-3H3,(H,26,31)(H2,27,28,29);1H. The van der Waals surface area contributed by atoms with E-state index in [-0.39, 0.29) is 35.9 Å². The van der Waals surface area contributed by atoms with Gasteiger partial charge < -0.3 is 20.7 Å². The van der Waals surface area contributed by atoms with Gasteiger partial charge in [0.1, 0.15) is 0 Å². The maximum absolute atomic E-state index is 11.8. The lowest BCUT2D eigenvalue weighted by Gasteiger charge is -2.35. The number of morpholine rings is 1. The van der Waals surface area contributed by atoms with Crippen LogP contribution >= 0.6 is 24.0 Å². The second-order valence-corrected chi connectivity index (χ2v) is 7.98. The third-order valence-corrected chi connectivity index (χ3v) is 5.76. The Kier molecular flexibility index (Phi) is 11.6. The van der Waals surface area contributed by atoms with E-state index in [4.69, 9.17) is 4.74 Å². The van der Waals surface area contributed by atoms with Crippen molar-refractivity contribution in [3.05, 3.63) is 70.8 Å². The molecule has 1 amide bonds. The molecule has 7 nitrogen and oxygen atoms in total. The summed E-state index contributed by atoms with van der Waals surface area (Å²) in [6.45, 7) is 6.98. The molecule has 8 heteroatoms. The van der Waals surface area contributed by atoms with Gasteiger partial charge >= 0.3 is 0 Å². The summed E-state index contributed by atoms with van der Waals surface area (Å²) in [6.07, 6.45) is 0.802. The van der Waals surface area contributed by atoms with Gasteiger partial charge in [0.25, 0.3) is 5.91 Å². The highest BCUT2D eigenvalue weighted by Gasteiger charge is 2.22. The van der Waals surface area contributed by atoms with E-state index in [2.05, 4.69) is 57.0 Å². The number of nitrogens with zero attached hydrogens (tertiary/aromatic N) is 2. The second-order valence-electron chi connectivity index (χ2n) is 7.98. The summed E-state index contributed by atoms with van der Waals surface area (Å²) in [6, 6.07) is 16.7. The summed E-state index contributed by atoms with van der Waals surface area (Å²) in [7, 11) is 3.43. The Morgan fingerprint density at radius 3 is 2.52 bits per heavy atom. The molecule has 180 valence electrons. The molecule has 1 fully saturated rings. The Balaban J connectivity index is 0.00000385. The van der Waals surface area contributed by atoms with Gasteiger partial charge in [-0.15, -0.1) is 24.0 Å². The van der Waals surface area contributed by atoms with Crippen LogP contribution in [0.25, 0.3) is 0 Å². The van der Waals surface area contributed by atoms with Crippen LogP contribution in [0.3, 0.4) is 0 Å². The van der Waals surface area contributed by atoms with Crippen LogP contribution in [0.2, 0.25) is 0 Å². The Morgan fingerprint density at radius 2 is 1.85 bits per heavy atom. The van der Waals surface area contributed by atoms with Crippen molar-refractivity contribution in [1.29, 1.82) is 0 Å². The molecule has 2 aromatic rings. The minimum absolute atomic E-state index is 0. The van der Waals surface area contributed by atoms with Gasteiger partial charge in [-0.2, -0.15) is 0 Å². The Labute approximate surface area is 214 Å². The van der Waals surface area contributed by atoms with Gasteiger partial charge in [0, 0.05) is 45.8 Å². The molecule has 0 saturated carbocycles. The number of aliphatic imine (C=N–C) groups is 1. The van der Waals surface area contributed by atoms with Gasteiger partial charge in [0.2, 0.25) is 0 Å². The van der Waals surface area contributed by atoms with E-state index < -0.39 is 0 Å². The zero-order chi connectivity index (χ0) is 22.8. The fourth-order valence-corrected chi connectivity index (χ4v) is 3.89. The molecule has 0 aliphatic carbocycles. The minimum atomic E-state index is -0.0671. The summed E-state index contributed by atoms with van der Waals surface area (Å²) in [5.41, 5.74) is 4.35. The third kappa shape index (κ3) is 8.28. The highest BCUT2D eigenvalue weighted by molar-refractivity contribution is 14.0. The molecule has 1 heterocycles. The first-order chi connectivity index (χ1) is 15.6. The molecule has 0 bridgehead atoms. The van der Waals surface area contributed by atoms with Gasteiger partial charge in [0.05, 0.1) is 19.3 Å². The summed E-state index contributed by atoms with van der Waals surface area (Å²) in [5, 5.41) is 9.56. The molecule has 1 atom stereocenters. The van der Waals surface area contributed by atoms with E-state index in [1.54, 1.807) is 14.1 Å². The van der Waals surface area contributed by atoms with Gasteiger partial charge in [0.15, 0.2) is 5.96 Å². The maximum atomic E-state index is 11.8. The Hall–Kier alpha value is -2.17. The summed E-state index contributed by atoms with van der Waals surface area (Å²) in [4.78, 5) is 18.7. The zero-order valence-electron chi connectivity index (χ0n) is 19.8. The molecule has 0 spiro atoms. The molecule has 0 radical (unpaired) electrons. The van der Waals surface area contributed by atoms with E-state index in [9.17, 15) is 4.79 Å². The van der Waals surface area contributed by atoms with Crippen molar-refractivity contribution in [3.8, 4) is 0 Å². The molecular formula is C25H36IN5O2. The lowest BCUT2D eigenvalue weighted by atomic mass is 10.0. The normalized spacial score (nSPS) is 15.3. The van der Waals surface area contributed by atoms with E-state index in [0.29, 0.717) is 5.56 Å². The van der Waals surface area contributed by atoms with Crippen molar-refractivity contribution in [2.75, 3.05) is 53.5 Å². The number of nitrogens with one attached hydrogen (secondary N) is 3. The smallest absolute Gasteiger partial charge is 0.251 e. The van der Waals surface area contributed by atoms with Gasteiger partial charge in [-0.25, -0.2) is 0 Å². The largest absolute Gasteiger partial charge is 0.379 e. The number of carbonyl (C=O) groups excluding carboxylic acids is 1. The van der Waals surface area contributed by atoms with Crippen molar-refractivity contribution in [3.63, 3.8) is 0 Å². The molecule has 33 heavy (non-hydrogen) atoms. The molecule has 3 N–H and O–H groups in total. The number of carbonyl (C=O) groups is 1. The van der Waals surface area contributed by atoms with Gasteiger partial charge in [-0.1, -0.05) is 42.0 Å². The monoisotopic (exact) mass is 565 g/mol. The minimum Gasteiger partial charge on any atom is -0.379 e. The van der Waals surface area contributed by atoms with Crippen LogP contribution in [0.15, 0.2) is 53.5 Å². The zero-order valence-corrected chi connectivity index (χ0v) is 22.1. The van der Waals surface area contributed by atoms with Gasteiger partial charge in [-0.05, 0) is 36.6 Å². The van der Waals surface area contributed by atoms with E-state index in [0.717, 1.165) is 57.3 Å². The number of ether oxygens (including phenoxy) is 1.